The lowest BCUT2D eigenvalue weighted by Gasteiger charge is -2.10. The summed E-state index contributed by atoms with van der Waals surface area (Å²) in [6, 6.07) is 8.25. The fourth-order valence-electron chi connectivity index (χ4n) is 2.02. The lowest BCUT2D eigenvalue weighted by Crippen LogP contribution is -2.36. The minimum absolute atomic E-state index is 0. The number of furan rings is 1. The number of aryl methyl sites for hydroxylation is 1. The number of hydrogen-bond acceptors (Lipinski definition) is 3. The van der Waals surface area contributed by atoms with Crippen LogP contribution >= 0.6 is 24.0 Å². The van der Waals surface area contributed by atoms with E-state index in [0.717, 1.165) is 5.56 Å². The zero-order chi connectivity index (χ0) is 17.5. The molecule has 0 aliphatic heterocycles. The van der Waals surface area contributed by atoms with Crippen LogP contribution in [0.25, 0.3) is 0 Å². The number of nitrogens with one attached hydrogen (secondary N) is 2. The Bertz CT molecular complexity index is 746. The van der Waals surface area contributed by atoms with Crippen LogP contribution in [0.2, 0.25) is 0 Å². The number of amides is 1. The highest BCUT2D eigenvalue weighted by atomic mass is 127. The highest BCUT2D eigenvalue weighted by Gasteiger charge is 2.07. The van der Waals surface area contributed by atoms with E-state index in [1.165, 1.54) is 12.1 Å². The first kappa shape index (κ1) is 20.9. The lowest BCUT2D eigenvalue weighted by molar-refractivity contribution is 0.0972. The number of primary amides is 1. The van der Waals surface area contributed by atoms with Crippen LogP contribution < -0.4 is 16.4 Å². The van der Waals surface area contributed by atoms with E-state index in [1.807, 2.05) is 13.0 Å². The summed E-state index contributed by atoms with van der Waals surface area (Å²) in [5, 5.41) is 6.18. The highest BCUT2D eigenvalue weighted by molar-refractivity contribution is 14.0. The van der Waals surface area contributed by atoms with Crippen molar-refractivity contribution >= 4 is 35.8 Å². The third-order valence-corrected chi connectivity index (χ3v) is 3.33. The largest absolute Gasteiger partial charge is 0.454 e. The van der Waals surface area contributed by atoms with Crippen LogP contribution in [-0.4, -0.2) is 18.4 Å². The van der Waals surface area contributed by atoms with Crippen LogP contribution in [0, 0.1) is 12.7 Å². The van der Waals surface area contributed by atoms with Crippen LogP contribution in [0.4, 0.5) is 4.39 Å². The first-order valence-electron chi connectivity index (χ1n) is 7.65. The van der Waals surface area contributed by atoms with Gasteiger partial charge in [0.25, 0.3) is 5.91 Å². The number of guanidine groups is 1. The molecule has 1 aromatic carbocycles. The smallest absolute Gasteiger partial charge is 0.284 e. The average molecular weight is 460 g/mol. The predicted molar refractivity (Wildman–Crippen MR) is 105 cm³/mol. The number of halogens is 2. The van der Waals surface area contributed by atoms with E-state index >= 15 is 0 Å². The molecule has 0 atom stereocenters. The Morgan fingerprint density at radius 3 is 2.64 bits per heavy atom. The van der Waals surface area contributed by atoms with Crippen LogP contribution in [0.15, 0.2) is 39.7 Å². The van der Waals surface area contributed by atoms with Crippen LogP contribution in [-0.2, 0) is 13.1 Å². The van der Waals surface area contributed by atoms with Gasteiger partial charge >= 0.3 is 0 Å². The Hall–Kier alpha value is -2.10. The summed E-state index contributed by atoms with van der Waals surface area (Å²) >= 11 is 0. The van der Waals surface area contributed by atoms with E-state index in [9.17, 15) is 9.18 Å². The molecule has 6 nitrogen and oxygen atoms in total. The molecule has 25 heavy (non-hydrogen) atoms. The van der Waals surface area contributed by atoms with Gasteiger partial charge in [-0.05, 0) is 43.2 Å². The number of nitrogens with zero attached hydrogens (tertiary/aromatic N) is 1. The highest BCUT2D eigenvalue weighted by Crippen LogP contribution is 2.10. The molecule has 0 spiro atoms. The molecule has 0 aliphatic rings. The summed E-state index contributed by atoms with van der Waals surface area (Å²) in [4.78, 5) is 15.4. The molecular weight excluding hydrogens is 438 g/mol. The monoisotopic (exact) mass is 460 g/mol. The van der Waals surface area contributed by atoms with E-state index in [0.29, 0.717) is 36.9 Å². The molecule has 2 rings (SSSR count). The van der Waals surface area contributed by atoms with E-state index in [-0.39, 0.29) is 35.6 Å². The molecule has 0 unspecified atom stereocenters. The van der Waals surface area contributed by atoms with Crippen molar-refractivity contribution in [3.63, 3.8) is 0 Å². The van der Waals surface area contributed by atoms with E-state index in [4.69, 9.17) is 10.2 Å². The van der Waals surface area contributed by atoms with Crippen molar-refractivity contribution in [1.82, 2.24) is 10.6 Å². The van der Waals surface area contributed by atoms with Gasteiger partial charge in [-0.3, -0.25) is 4.79 Å². The zero-order valence-electron chi connectivity index (χ0n) is 14.1. The second-order valence-electron chi connectivity index (χ2n) is 5.26. The molecular formula is C17H22FIN4O2. The van der Waals surface area contributed by atoms with Gasteiger partial charge in [-0.15, -0.1) is 24.0 Å². The number of aliphatic imine (C=N–C) groups is 1. The van der Waals surface area contributed by atoms with Crippen LogP contribution in [0.1, 0.15) is 34.4 Å². The molecule has 0 fully saturated rings. The van der Waals surface area contributed by atoms with Crippen molar-refractivity contribution in [3.05, 3.63) is 58.8 Å². The molecule has 8 heteroatoms. The standard InChI is InChI=1S/C17H21FN4O2.HI/c1-3-20-17(21-9-12-5-4-11(2)14(18)8-12)22-10-13-6-7-15(24-13)16(19)23;/h4-8H,3,9-10H2,1-2H3,(H2,19,23)(H2,20,21,22);1H. The number of rotatable bonds is 6. The molecule has 0 aliphatic carbocycles. The second kappa shape index (κ2) is 10.0. The van der Waals surface area contributed by atoms with Gasteiger partial charge in [0.2, 0.25) is 0 Å². The second-order valence-corrected chi connectivity index (χ2v) is 5.26. The van der Waals surface area contributed by atoms with E-state index in [1.54, 1.807) is 19.1 Å². The first-order valence-corrected chi connectivity index (χ1v) is 7.65. The molecule has 1 aromatic heterocycles. The van der Waals surface area contributed by atoms with Crippen molar-refractivity contribution < 1.29 is 13.6 Å². The molecule has 1 amide bonds. The Kier molecular flexibility index (Phi) is 8.39. The molecule has 136 valence electrons. The third kappa shape index (κ3) is 6.37. The van der Waals surface area contributed by atoms with Gasteiger partial charge in [-0.1, -0.05) is 12.1 Å². The fraction of sp³-hybridized carbons (Fsp3) is 0.294. The topological polar surface area (TPSA) is 92.6 Å². The molecule has 4 N–H and O–H groups in total. The van der Waals surface area contributed by atoms with Gasteiger partial charge in [-0.2, -0.15) is 0 Å². The van der Waals surface area contributed by atoms with E-state index in [2.05, 4.69) is 15.6 Å². The number of hydrogen-bond donors (Lipinski definition) is 3. The van der Waals surface area contributed by atoms with Crippen LogP contribution in [0.3, 0.4) is 0 Å². The fourth-order valence-corrected chi connectivity index (χ4v) is 2.02. The minimum Gasteiger partial charge on any atom is -0.454 e. The van der Waals surface area contributed by atoms with Crippen molar-refractivity contribution in [3.8, 4) is 0 Å². The number of carbonyl (C=O) groups is 1. The SMILES string of the molecule is CCNC(=NCc1ccc(C)c(F)c1)NCc1ccc(C(N)=O)o1.I. The van der Waals surface area contributed by atoms with Crippen molar-refractivity contribution in [2.45, 2.75) is 26.9 Å². The van der Waals surface area contributed by atoms with Gasteiger partial charge in [0.05, 0.1) is 13.1 Å². The summed E-state index contributed by atoms with van der Waals surface area (Å²) in [6.07, 6.45) is 0. The van der Waals surface area contributed by atoms with E-state index < -0.39 is 5.91 Å². The maximum atomic E-state index is 13.6. The number of nitrogens with two attached hydrogens (primary N) is 1. The molecule has 2 aromatic rings. The van der Waals surface area contributed by atoms with Gasteiger partial charge in [-0.25, -0.2) is 9.38 Å². The summed E-state index contributed by atoms with van der Waals surface area (Å²) in [7, 11) is 0. The molecule has 0 saturated carbocycles. The van der Waals surface area contributed by atoms with Gasteiger partial charge in [0.1, 0.15) is 11.6 Å². The summed E-state index contributed by atoms with van der Waals surface area (Å²) in [5.74, 6) is 0.397. The number of benzene rings is 1. The van der Waals surface area contributed by atoms with Gasteiger partial charge < -0.3 is 20.8 Å². The maximum Gasteiger partial charge on any atom is 0.284 e. The summed E-state index contributed by atoms with van der Waals surface area (Å²) in [5.41, 5.74) is 6.53. The van der Waals surface area contributed by atoms with Crippen molar-refractivity contribution in [2.24, 2.45) is 10.7 Å². The zero-order valence-corrected chi connectivity index (χ0v) is 16.5. The molecule has 0 radical (unpaired) electrons. The van der Waals surface area contributed by atoms with Gasteiger partial charge in [0.15, 0.2) is 11.7 Å². The molecule has 0 bridgehead atoms. The Balaban J connectivity index is 0.00000312. The van der Waals surface area contributed by atoms with Crippen LogP contribution in [0.5, 0.6) is 0 Å². The normalized spacial score (nSPS) is 10.9. The summed E-state index contributed by atoms with van der Waals surface area (Å²) < 4.78 is 18.9. The van der Waals surface area contributed by atoms with Crippen molar-refractivity contribution in [1.29, 1.82) is 0 Å². The third-order valence-electron chi connectivity index (χ3n) is 3.33. The minimum atomic E-state index is -0.608. The summed E-state index contributed by atoms with van der Waals surface area (Å²) in [6.45, 7) is 5.04. The lowest BCUT2D eigenvalue weighted by atomic mass is 10.1. The van der Waals surface area contributed by atoms with Gasteiger partial charge in [0, 0.05) is 6.54 Å². The Morgan fingerprint density at radius 2 is 2.04 bits per heavy atom. The average Bonchev–Trinajstić information content (AvgIpc) is 3.02. The predicted octanol–water partition coefficient (Wildman–Crippen LogP) is 2.70. The Labute approximate surface area is 163 Å². The molecule has 0 saturated heterocycles. The molecule has 1 heterocycles. The first-order chi connectivity index (χ1) is 11.5. The maximum absolute atomic E-state index is 13.6. The van der Waals surface area contributed by atoms with Crippen molar-refractivity contribution in [2.75, 3.05) is 6.54 Å². The Morgan fingerprint density at radius 1 is 1.28 bits per heavy atom. The quantitative estimate of drug-likeness (QED) is 0.351. The number of carbonyl (C=O) groups excluding carboxylic acids is 1.